The van der Waals surface area contributed by atoms with Crippen LogP contribution in [0.3, 0.4) is 0 Å². The van der Waals surface area contributed by atoms with E-state index >= 15 is 0 Å². The van der Waals surface area contributed by atoms with Gasteiger partial charge in [-0.25, -0.2) is 0 Å². The first-order chi connectivity index (χ1) is 15.5. The van der Waals surface area contributed by atoms with Gasteiger partial charge in [0.2, 0.25) is 0 Å². The molecule has 0 aromatic heterocycles. The van der Waals surface area contributed by atoms with Crippen LogP contribution >= 0.6 is 11.6 Å². The van der Waals surface area contributed by atoms with Crippen LogP contribution in [0.5, 0.6) is 0 Å². The van der Waals surface area contributed by atoms with Crippen molar-refractivity contribution in [1.29, 1.82) is 0 Å². The molecule has 2 saturated carbocycles. The molecule has 7 atom stereocenters. The number of esters is 2. The van der Waals surface area contributed by atoms with Gasteiger partial charge in [0, 0.05) is 23.8 Å². The van der Waals surface area contributed by atoms with E-state index in [-0.39, 0.29) is 41.1 Å². The van der Waals surface area contributed by atoms with Gasteiger partial charge in [-0.15, -0.1) is 0 Å². The minimum absolute atomic E-state index is 0.0479. The third-order valence-corrected chi connectivity index (χ3v) is 9.74. The summed E-state index contributed by atoms with van der Waals surface area (Å²) < 4.78 is 11.5. The minimum atomic E-state index is -1.04. The highest BCUT2D eigenvalue weighted by Crippen LogP contribution is 2.68. The van der Waals surface area contributed by atoms with Gasteiger partial charge >= 0.3 is 11.9 Å². The van der Waals surface area contributed by atoms with E-state index in [1.54, 1.807) is 6.92 Å². The fraction of sp³-hybridized carbons (Fsp3) is 0.741. The van der Waals surface area contributed by atoms with Gasteiger partial charge in [-0.2, -0.15) is 0 Å². The molecule has 0 radical (unpaired) electrons. The third kappa shape index (κ3) is 3.69. The van der Waals surface area contributed by atoms with Gasteiger partial charge in [-0.3, -0.25) is 14.4 Å². The molecule has 0 N–H and O–H groups in total. The Labute approximate surface area is 202 Å². The number of ketones is 1. The lowest BCUT2D eigenvalue weighted by Crippen LogP contribution is -2.58. The Morgan fingerprint density at radius 1 is 1.03 bits per heavy atom. The van der Waals surface area contributed by atoms with E-state index < -0.39 is 11.0 Å². The molecule has 0 heterocycles. The van der Waals surface area contributed by atoms with Crippen molar-refractivity contribution in [3.8, 4) is 0 Å². The predicted molar refractivity (Wildman–Crippen MR) is 126 cm³/mol. The molecule has 0 amide bonds. The van der Waals surface area contributed by atoms with Crippen LogP contribution < -0.4 is 0 Å². The number of carbonyl (C=O) groups excluding carboxylic acids is 3. The van der Waals surface area contributed by atoms with Crippen LogP contribution in [0.2, 0.25) is 0 Å². The standard InChI is InChI=1S/C27H37ClO5/c1-6-7-24(31)32-18-8-11-25(4)20-9-12-26(5)21(19(20)15-23(28)22(25)14-18)10-13-27(26,16(2)29)33-17(3)30/h14-15,18-21H,6-13H2,1-5H3/t18?,19?,20?,21?,25?,26?,27-/m0/s1. The minimum Gasteiger partial charge on any atom is -0.458 e. The summed E-state index contributed by atoms with van der Waals surface area (Å²) >= 11 is 6.92. The summed E-state index contributed by atoms with van der Waals surface area (Å²) in [5.74, 6) is 0.271. The number of fused-ring (bicyclic) bond motifs is 5. The summed E-state index contributed by atoms with van der Waals surface area (Å²) in [4.78, 5) is 36.9. The Balaban J connectivity index is 1.68. The molecular formula is C27H37ClO5. The van der Waals surface area contributed by atoms with Crippen molar-refractivity contribution in [2.45, 2.75) is 97.7 Å². The van der Waals surface area contributed by atoms with E-state index in [9.17, 15) is 14.4 Å². The topological polar surface area (TPSA) is 69.7 Å². The van der Waals surface area contributed by atoms with E-state index in [0.29, 0.717) is 18.8 Å². The van der Waals surface area contributed by atoms with E-state index in [4.69, 9.17) is 21.1 Å². The molecule has 0 spiro atoms. The first-order valence-corrected chi connectivity index (χ1v) is 12.9. The zero-order valence-corrected chi connectivity index (χ0v) is 21.3. The lowest BCUT2D eigenvalue weighted by Gasteiger charge is -2.58. The second-order valence-electron chi connectivity index (χ2n) is 11.1. The highest BCUT2D eigenvalue weighted by Gasteiger charge is 2.67. The van der Waals surface area contributed by atoms with Crippen molar-refractivity contribution in [2.24, 2.45) is 28.6 Å². The Bertz CT molecular complexity index is 921. The molecule has 0 aliphatic heterocycles. The number of carbonyl (C=O) groups is 3. The van der Waals surface area contributed by atoms with Gasteiger partial charge < -0.3 is 9.47 Å². The molecular weight excluding hydrogens is 440 g/mol. The molecule has 182 valence electrons. The molecule has 0 aromatic rings. The van der Waals surface area contributed by atoms with Crippen molar-refractivity contribution in [3.63, 3.8) is 0 Å². The molecule has 6 unspecified atom stereocenters. The lowest BCUT2D eigenvalue weighted by atomic mass is 9.48. The molecule has 4 aliphatic rings. The Kier molecular flexibility index (Phi) is 6.35. The highest BCUT2D eigenvalue weighted by molar-refractivity contribution is 6.32. The summed E-state index contributed by atoms with van der Waals surface area (Å²) in [5.41, 5.74) is -0.430. The number of halogens is 1. The van der Waals surface area contributed by atoms with Crippen LogP contribution in [0, 0.1) is 28.6 Å². The maximum Gasteiger partial charge on any atom is 0.306 e. The van der Waals surface area contributed by atoms with Crippen molar-refractivity contribution in [1.82, 2.24) is 0 Å². The number of hydrogen-bond acceptors (Lipinski definition) is 5. The molecule has 33 heavy (non-hydrogen) atoms. The normalized spacial score (nSPS) is 41.6. The number of hydrogen-bond donors (Lipinski definition) is 0. The van der Waals surface area contributed by atoms with Gasteiger partial charge in [0.05, 0.1) is 0 Å². The van der Waals surface area contributed by atoms with Gasteiger partial charge in [0.1, 0.15) is 6.10 Å². The van der Waals surface area contributed by atoms with Crippen LogP contribution in [0.15, 0.2) is 22.8 Å². The molecule has 2 fully saturated rings. The molecule has 0 saturated heterocycles. The average Bonchev–Trinajstić information content (AvgIpc) is 3.02. The van der Waals surface area contributed by atoms with Crippen molar-refractivity contribution in [3.05, 3.63) is 22.8 Å². The van der Waals surface area contributed by atoms with Gasteiger partial charge in [0.15, 0.2) is 11.4 Å². The summed E-state index contributed by atoms with van der Waals surface area (Å²) in [6, 6.07) is 0. The average molecular weight is 477 g/mol. The van der Waals surface area contributed by atoms with E-state index in [0.717, 1.165) is 49.1 Å². The van der Waals surface area contributed by atoms with E-state index in [2.05, 4.69) is 26.0 Å². The van der Waals surface area contributed by atoms with Crippen molar-refractivity contribution >= 4 is 29.3 Å². The Hall–Kier alpha value is -1.62. The van der Waals surface area contributed by atoms with Crippen LogP contribution in [0.4, 0.5) is 0 Å². The Morgan fingerprint density at radius 2 is 1.73 bits per heavy atom. The predicted octanol–water partition coefficient (Wildman–Crippen LogP) is 5.89. The molecule has 4 aliphatic carbocycles. The molecule has 6 heteroatoms. The Morgan fingerprint density at radius 3 is 2.36 bits per heavy atom. The summed E-state index contributed by atoms with van der Waals surface area (Å²) in [6.45, 7) is 9.38. The van der Waals surface area contributed by atoms with Crippen LogP contribution in [-0.4, -0.2) is 29.4 Å². The number of allylic oxidation sites excluding steroid dienone is 3. The second kappa shape index (κ2) is 8.55. The number of ether oxygens (including phenoxy) is 2. The van der Waals surface area contributed by atoms with E-state index in [1.807, 2.05) is 6.92 Å². The SMILES string of the molecule is CCCC(=O)OC1C=C2C(Cl)=CC3C(CCC4(C)C3CC[C@]4(OC(C)=O)C(C)=O)C2(C)CC1. The monoisotopic (exact) mass is 476 g/mol. The maximum atomic E-state index is 12.9. The van der Waals surface area contributed by atoms with Crippen LogP contribution in [0.1, 0.15) is 86.0 Å². The van der Waals surface area contributed by atoms with Crippen molar-refractivity contribution in [2.75, 3.05) is 0 Å². The van der Waals surface area contributed by atoms with Gasteiger partial charge in [0.25, 0.3) is 0 Å². The molecule has 0 aromatic carbocycles. The first-order valence-electron chi connectivity index (χ1n) is 12.5. The smallest absolute Gasteiger partial charge is 0.306 e. The maximum absolute atomic E-state index is 12.9. The fourth-order valence-electron chi connectivity index (χ4n) is 7.79. The lowest BCUT2D eigenvalue weighted by molar-refractivity contribution is -0.185. The van der Waals surface area contributed by atoms with Gasteiger partial charge in [-0.05, 0) is 86.7 Å². The molecule has 0 bridgehead atoms. The first kappa shape index (κ1) is 24.5. The van der Waals surface area contributed by atoms with E-state index in [1.165, 1.54) is 6.92 Å². The molecule has 5 nitrogen and oxygen atoms in total. The summed E-state index contributed by atoms with van der Waals surface area (Å²) in [5, 5.41) is 0.743. The fourth-order valence-corrected chi connectivity index (χ4v) is 8.22. The largest absolute Gasteiger partial charge is 0.458 e. The van der Waals surface area contributed by atoms with Crippen molar-refractivity contribution < 1.29 is 23.9 Å². The second-order valence-corrected chi connectivity index (χ2v) is 11.5. The number of rotatable bonds is 5. The zero-order valence-electron chi connectivity index (χ0n) is 20.5. The van der Waals surface area contributed by atoms with Crippen LogP contribution in [-0.2, 0) is 23.9 Å². The zero-order chi connectivity index (χ0) is 24.2. The highest BCUT2D eigenvalue weighted by atomic mass is 35.5. The molecule has 4 rings (SSSR count). The quantitative estimate of drug-likeness (QED) is 0.462. The number of Topliss-reactive ketones (excluding diaryl/α,β-unsaturated/α-hetero) is 1. The summed E-state index contributed by atoms with van der Waals surface area (Å²) in [6.07, 6.45) is 10.2. The third-order valence-electron chi connectivity index (χ3n) is 9.41. The summed E-state index contributed by atoms with van der Waals surface area (Å²) in [7, 11) is 0. The van der Waals surface area contributed by atoms with Gasteiger partial charge in [-0.1, -0.05) is 38.4 Å². The van der Waals surface area contributed by atoms with Crippen LogP contribution in [0.25, 0.3) is 0 Å².